The van der Waals surface area contributed by atoms with Crippen LogP contribution in [0.15, 0.2) is 78.0 Å². The van der Waals surface area contributed by atoms with E-state index < -0.39 is 0 Å². The van der Waals surface area contributed by atoms with Gasteiger partial charge in [-0.2, -0.15) is 5.10 Å². The Morgan fingerprint density at radius 3 is 2.59 bits per heavy atom. The molecule has 1 amide bonds. The average Bonchev–Trinajstić information content (AvgIpc) is 3.11. The van der Waals surface area contributed by atoms with Crippen LogP contribution in [0.3, 0.4) is 0 Å². The quantitative estimate of drug-likeness (QED) is 0.418. The summed E-state index contributed by atoms with van der Waals surface area (Å²) in [5.74, 6) is -0.00685. The molecule has 0 unspecified atom stereocenters. The SMILES string of the molecule is C/C(=N\NC(=O)Cn1c(-c2ccccn2)nc2ccccc21)c1ccc(F)cc1. The standard InChI is InChI=1S/C22H18FN5O/c1-15(16-9-11-17(23)12-10-16)26-27-21(29)14-28-20-8-3-2-6-18(20)25-22(28)19-7-4-5-13-24-19/h2-13H,14H2,1H3,(H,27,29)/b26-15+. The lowest BCUT2D eigenvalue weighted by molar-refractivity contribution is -0.121. The van der Waals surface area contributed by atoms with Gasteiger partial charge < -0.3 is 4.57 Å². The Kier molecular flexibility index (Phi) is 5.11. The van der Waals surface area contributed by atoms with Crippen LogP contribution >= 0.6 is 0 Å². The topological polar surface area (TPSA) is 72.2 Å². The highest BCUT2D eigenvalue weighted by molar-refractivity contribution is 5.99. The molecule has 7 heteroatoms. The molecule has 0 saturated carbocycles. The van der Waals surface area contributed by atoms with E-state index in [1.54, 1.807) is 25.3 Å². The van der Waals surface area contributed by atoms with Gasteiger partial charge in [0.15, 0.2) is 5.82 Å². The van der Waals surface area contributed by atoms with Gasteiger partial charge in [0.05, 0.1) is 16.7 Å². The number of hydrogen-bond acceptors (Lipinski definition) is 4. The van der Waals surface area contributed by atoms with Crippen molar-refractivity contribution in [3.63, 3.8) is 0 Å². The van der Waals surface area contributed by atoms with Crippen molar-refractivity contribution in [3.8, 4) is 11.5 Å². The molecule has 6 nitrogen and oxygen atoms in total. The molecular weight excluding hydrogens is 369 g/mol. The van der Waals surface area contributed by atoms with Gasteiger partial charge >= 0.3 is 0 Å². The van der Waals surface area contributed by atoms with Crippen LogP contribution in [-0.2, 0) is 11.3 Å². The maximum Gasteiger partial charge on any atom is 0.260 e. The number of hydrazone groups is 1. The summed E-state index contributed by atoms with van der Waals surface area (Å²) in [6, 6.07) is 19.1. The molecule has 0 spiro atoms. The Balaban J connectivity index is 1.59. The first kappa shape index (κ1) is 18.5. The van der Waals surface area contributed by atoms with E-state index in [4.69, 9.17) is 0 Å². The van der Waals surface area contributed by atoms with Crippen LogP contribution in [0.5, 0.6) is 0 Å². The number of halogens is 1. The second-order valence-electron chi connectivity index (χ2n) is 6.46. The van der Waals surface area contributed by atoms with Crippen LogP contribution in [0, 0.1) is 5.82 Å². The Hall–Kier alpha value is -3.87. The van der Waals surface area contributed by atoms with E-state index in [1.165, 1.54) is 12.1 Å². The Morgan fingerprint density at radius 1 is 1.07 bits per heavy atom. The van der Waals surface area contributed by atoms with Gasteiger partial charge in [-0.1, -0.05) is 30.3 Å². The summed E-state index contributed by atoms with van der Waals surface area (Å²) in [5.41, 5.74) is 6.18. The molecule has 0 aliphatic heterocycles. The first-order valence-electron chi connectivity index (χ1n) is 9.07. The summed E-state index contributed by atoms with van der Waals surface area (Å²) in [7, 11) is 0. The van der Waals surface area contributed by atoms with Gasteiger partial charge in [0, 0.05) is 6.20 Å². The molecule has 0 atom stereocenters. The summed E-state index contributed by atoms with van der Waals surface area (Å²) in [4.78, 5) is 21.6. The van der Waals surface area contributed by atoms with Crippen molar-refractivity contribution in [2.75, 3.05) is 0 Å². The van der Waals surface area contributed by atoms with Gasteiger partial charge in [-0.25, -0.2) is 14.8 Å². The van der Waals surface area contributed by atoms with Crippen molar-refractivity contribution in [1.82, 2.24) is 20.0 Å². The number of para-hydroxylation sites is 2. The number of hydrogen-bond donors (Lipinski definition) is 1. The summed E-state index contributed by atoms with van der Waals surface area (Å²) in [5, 5.41) is 4.13. The Morgan fingerprint density at radius 2 is 1.83 bits per heavy atom. The fourth-order valence-electron chi connectivity index (χ4n) is 3.01. The normalized spacial score (nSPS) is 11.6. The third-order valence-corrected chi connectivity index (χ3v) is 4.46. The lowest BCUT2D eigenvalue weighted by atomic mass is 10.1. The van der Waals surface area contributed by atoms with Crippen LogP contribution in [0.4, 0.5) is 4.39 Å². The summed E-state index contributed by atoms with van der Waals surface area (Å²) in [6.07, 6.45) is 1.69. The first-order chi connectivity index (χ1) is 14.1. The molecule has 2 heterocycles. The van der Waals surface area contributed by atoms with Gasteiger partial charge in [0.1, 0.15) is 18.1 Å². The molecule has 0 radical (unpaired) electrons. The van der Waals surface area contributed by atoms with E-state index in [2.05, 4.69) is 20.5 Å². The fourth-order valence-corrected chi connectivity index (χ4v) is 3.01. The number of fused-ring (bicyclic) bond motifs is 1. The van der Waals surface area contributed by atoms with Gasteiger partial charge in [0.25, 0.3) is 5.91 Å². The smallest absolute Gasteiger partial charge is 0.260 e. The van der Waals surface area contributed by atoms with Crippen molar-refractivity contribution >= 4 is 22.7 Å². The van der Waals surface area contributed by atoms with Crippen molar-refractivity contribution in [2.45, 2.75) is 13.5 Å². The maximum absolute atomic E-state index is 13.1. The van der Waals surface area contributed by atoms with E-state index >= 15 is 0 Å². The number of carbonyl (C=O) groups is 1. The largest absolute Gasteiger partial charge is 0.313 e. The number of amides is 1. The van der Waals surface area contributed by atoms with E-state index in [0.717, 1.165) is 16.6 Å². The molecule has 29 heavy (non-hydrogen) atoms. The van der Waals surface area contributed by atoms with Crippen molar-refractivity contribution < 1.29 is 9.18 Å². The minimum Gasteiger partial charge on any atom is -0.313 e. The molecule has 0 bridgehead atoms. The van der Waals surface area contributed by atoms with Gasteiger partial charge in [0.2, 0.25) is 0 Å². The minimum absolute atomic E-state index is 0.0343. The predicted molar refractivity (Wildman–Crippen MR) is 110 cm³/mol. The fraction of sp³-hybridized carbons (Fsp3) is 0.0909. The lowest BCUT2D eigenvalue weighted by Crippen LogP contribution is -2.24. The molecule has 4 aromatic rings. The molecule has 4 rings (SSSR count). The number of aromatic nitrogens is 3. The van der Waals surface area contributed by atoms with E-state index in [-0.39, 0.29) is 18.3 Å². The van der Waals surface area contributed by atoms with Crippen LogP contribution in [-0.4, -0.2) is 26.2 Å². The molecule has 144 valence electrons. The monoisotopic (exact) mass is 387 g/mol. The highest BCUT2D eigenvalue weighted by Gasteiger charge is 2.15. The number of rotatable bonds is 5. The number of nitrogens with one attached hydrogen (secondary N) is 1. The van der Waals surface area contributed by atoms with Gasteiger partial charge in [-0.05, 0) is 48.9 Å². The molecule has 1 N–H and O–H groups in total. The third kappa shape index (κ3) is 4.03. The van der Waals surface area contributed by atoms with Crippen molar-refractivity contribution in [1.29, 1.82) is 0 Å². The molecule has 2 aromatic carbocycles. The van der Waals surface area contributed by atoms with Crippen molar-refractivity contribution in [3.05, 3.63) is 84.3 Å². The molecule has 0 fully saturated rings. The van der Waals surface area contributed by atoms with Gasteiger partial charge in [-0.3, -0.25) is 9.78 Å². The first-order valence-corrected chi connectivity index (χ1v) is 9.07. The van der Waals surface area contributed by atoms with Crippen LogP contribution in [0.1, 0.15) is 12.5 Å². The van der Waals surface area contributed by atoms with Crippen LogP contribution in [0.2, 0.25) is 0 Å². The summed E-state index contributed by atoms with van der Waals surface area (Å²) < 4.78 is 14.9. The zero-order chi connectivity index (χ0) is 20.2. The molecule has 0 aliphatic carbocycles. The Bertz CT molecular complexity index is 1180. The molecular formula is C22H18FN5O. The zero-order valence-electron chi connectivity index (χ0n) is 15.7. The van der Waals surface area contributed by atoms with Crippen molar-refractivity contribution in [2.24, 2.45) is 5.10 Å². The Labute approximate surface area is 166 Å². The zero-order valence-corrected chi connectivity index (χ0v) is 15.7. The summed E-state index contributed by atoms with van der Waals surface area (Å²) in [6.45, 7) is 1.78. The second-order valence-corrected chi connectivity index (χ2v) is 6.46. The second kappa shape index (κ2) is 8.02. The predicted octanol–water partition coefficient (Wildman–Crippen LogP) is 3.78. The minimum atomic E-state index is -0.320. The highest BCUT2D eigenvalue weighted by atomic mass is 19.1. The number of nitrogens with zero attached hydrogens (tertiary/aromatic N) is 4. The number of benzene rings is 2. The number of imidazole rings is 1. The maximum atomic E-state index is 13.1. The lowest BCUT2D eigenvalue weighted by Gasteiger charge is -2.08. The van der Waals surface area contributed by atoms with Crippen LogP contribution in [0.25, 0.3) is 22.6 Å². The summed E-state index contributed by atoms with van der Waals surface area (Å²) >= 11 is 0. The molecule has 0 saturated heterocycles. The number of pyridine rings is 1. The van der Waals surface area contributed by atoms with Crippen LogP contribution < -0.4 is 5.43 Å². The molecule has 0 aliphatic rings. The van der Waals surface area contributed by atoms with Gasteiger partial charge in [-0.15, -0.1) is 0 Å². The average molecular weight is 387 g/mol. The third-order valence-electron chi connectivity index (χ3n) is 4.46. The van der Waals surface area contributed by atoms with E-state index in [9.17, 15) is 9.18 Å². The highest BCUT2D eigenvalue weighted by Crippen LogP contribution is 2.23. The number of carbonyl (C=O) groups excluding carboxylic acids is 1. The van der Waals surface area contributed by atoms with E-state index in [1.807, 2.05) is 47.0 Å². The van der Waals surface area contributed by atoms with E-state index in [0.29, 0.717) is 17.2 Å². The molecule has 2 aromatic heterocycles.